The summed E-state index contributed by atoms with van der Waals surface area (Å²) in [6.45, 7) is 1.61. The number of Topliss-reactive ketones (excluding diaryl/α,β-unsaturated/α-hetero) is 1. The van der Waals surface area contributed by atoms with E-state index in [1.165, 1.54) is 22.3 Å². The van der Waals surface area contributed by atoms with Gasteiger partial charge in [-0.3, -0.25) is 4.79 Å². The second-order valence-corrected chi connectivity index (χ2v) is 5.32. The van der Waals surface area contributed by atoms with E-state index in [0.29, 0.717) is 0 Å². The zero-order valence-corrected chi connectivity index (χ0v) is 11.0. The minimum atomic E-state index is 0.123. The van der Waals surface area contributed by atoms with Gasteiger partial charge in [0, 0.05) is 10.0 Å². The number of hydrogen-bond acceptors (Lipinski definition) is 1. The van der Waals surface area contributed by atoms with Crippen LogP contribution in [0, 0.1) is 0 Å². The van der Waals surface area contributed by atoms with E-state index in [0.717, 1.165) is 16.5 Å². The lowest BCUT2D eigenvalue weighted by Crippen LogP contribution is -1.92. The number of carbonyl (C=O) groups is 1. The van der Waals surface area contributed by atoms with Gasteiger partial charge in [0.2, 0.25) is 0 Å². The second-order valence-electron chi connectivity index (χ2n) is 4.41. The average Bonchev–Trinajstić information content (AvgIpc) is 2.64. The summed E-state index contributed by atoms with van der Waals surface area (Å²) in [5.74, 6) is 0.123. The summed E-state index contributed by atoms with van der Waals surface area (Å²) in [5, 5.41) is 0. The molecule has 0 radical (unpaired) electrons. The van der Waals surface area contributed by atoms with E-state index in [1.54, 1.807) is 6.92 Å². The summed E-state index contributed by atoms with van der Waals surface area (Å²) >= 11 is 3.49. The number of carbonyl (C=O) groups excluding carboxylic acids is 1. The maximum Gasteiger partial charge on any atom is 0.159 e. The first-order chi connectivity index (χ1) is 8.15. The number of hydrogen-bond donors (Lipinski definition) is 0. The third-order valence-electron chi connectivity index (χ3n) is 3.25. The first-order valence-corrected chi connectivity index (χ1v) is 6.37. The minimum Gasteiger partial charge on any atom is -0.295 e. The minimum absolute atomic E-state index is 0.123. The van der Waals surface area contributed by atoms with Gasteiger partial charge in [-0.25, -0.2) is 0 Å². The highest BCUT2D eigenvalue weighted by molar-refractivity contribution is 9.10. The maximum absolute atomic E-state index is 11.4. The molecule has 17 heavy (non-hydrogen) atoms. The molecule has 0 atom stereocenters. The van der Waals surface area contributed by atoms with E-state index in [1.807, 2.05) is 18.2 Å². The first kappa shape index (κ1) is 10.7. The smallest absolute Gasteiger partial charge is 0.159 e. The Bertz CT molecular complexity index is 629. The predicted molar refractivity (Wildman–Crippen MR) is 72.4 cm³/mol. The Morgan fingerprint density at radius 2 is 1.88 bits per heavy atom. The Morgan fingerprint density at radius 3 is 2.65 bits per heavy atom. The molecule has 0 aliphatic heterocycles. The van der Waals surface area contributed by atoms with Crippen LogP contribution in [0.2, 0.25) is 0 Å². The molecule has 0 saturated heterocycles. The summed E-state index contributed by atoms with van der Waals surface area (Å²) < 4.78 is 1.11. The van der Waals surface area contributed by atoms with Crippen LogP contribution >= 0.6 is 15.9 Å². The van der Waals surface area contributed by atoms with Gasteiger partial charge in [0.15, 0.2) is 5.78 Å². The molecule has 0 saturated carbocycles. The molecule has 0 bridgehead atoms. The van der Waals surface area contributed by atoms with Gasteiger partial charge in [0.05, 0.1) is 0 Å². The van der Waals surface area contributed by atoms with Gasteiger partial charge in [-0.1, -0.05) is 34.1 Å². The summed E-state index contributed by atoms with van der Waals surface area (Å²) in [7, 11) is 0. The Kier molecular flexibility index (Phi) is 2.40. The van der Waals surface area contributed by atoms with Crippen molar-refractivity contribution < 1.29 is 4.79 Å². The molecule has 0 N–H and O–H groups in total. The highest BCUT2D eigenvalue weighted by atomic mass is 79.9. The van der Waals surface area contributed by atoms with Crippen molar-refractivity contribution in [1.82, 2.24) is 0 Å². The van der Waals surface area contributed by atoms with E-state index in [4.69, 9.17) is 0 Å². The van der Waals surface area contributed by atoms with Crippen LogP contribution in [0.1, 0.15) is 28.4 Å². The largest absolute Gasteiger partial charge is 0.295 e. The molecule has 0 spiro atoms. The summed E-state index contributed by atoms with van der Waals surface area (Å²) in [6, 6.07) is 12.3. The van der Waals surface area contributed by atoms with Gasteiger partial charge in [0.25, 0.3) is 0 Å². The SMILES string of the molecule is CC(=O)c1ccc2c(c1)-c1ccc(Br)cc1C2. The molecule has 0 unspecified atom stereocenters. The molecule has 3 rings (SSSR count). The lowest BCUT2D eigenvalue weighted by molar-refractivity contribution is 0.101. The van der Waals surface area contributed by atoms with Crippen LogP contribution in [0.5, 0.6) is 0 Å². The number of halogens is 1. The molecule has 0 fully saturated rings. The van der Waals surface area contributed by atoms with E-state index in [-0.39, 0.29) is 5.78 Å². The van der Waals surface area contributed by atoms with Crippen LogP contribution in [-0.4, -0.2) is 5.78 Å². The van der Waals surface area contributed by atoms with Gasteiger partial charge in [0.1, 0.15) is 0 Å². The van der Waals surface area contributed by atoms with Gasteiger partial charge in [-0.05, 0) is 53.8 Å². The molecule has 0 heterocycles. The number of benzene rings is 2. The van der Waals surface area contributed by atoms with Crippen LogP contribution in [0.4, 0.5) is 0 Å². The molecule has 2 aromatic carbocycles. The van der Waals surface area contributed by atoms with Crippen LogP contribution in [-0.2, 0) is 6.42 Å². The molecule has 0 amide bonds. The fourth-order valence-electron chi connectivity index (χ4n) is 2.38. The van der Waals surface area contributed by atoms with Crippen LogP contribution in [0.3, 0.4) is 0 Å². The fourth-order valence-corrected chi connectivity index (χ4v) is 2.79. The van der Waals surface area contributed by atoms with E-state index < -0.39 is 0 Å². The molecule has 1 aliphatic rings. The van der Waals surface area contributed by atoms with Crippen molar-refractivity contribution in [2.24, 2.45) is 0 Å². The lowest BCUT2D eigenvalue weighted by atomic mass is 10.0. The maximum atomic E-state index is 11.4. The zero-order valence-electron chi connectivity index (χ0n) is 9.46. The Morgan fingerprint density at radius 1 is 1.06 bits per heavy atom. The van der Waals surface area contributed by atoms with Crippen LogP contribution in [0.25, 0.3) is 11.1 Å². The normalized spacial score (nSPS) is 12.1. The number of ketones is 1. The Hall–Kier alpha value is -1.41. The predicted octanol–water partition coefficient (Wildman–Crippen LogP) is 4.22. The highest BCUT2D eigenvalue weighted by Crippen LogP contribution is 2.38. The molecule has 1 aliphatic carbocycles. The monoisotopic (exact) mass is 286 g/mol. The number of rotatable bonds is 1. The first-order valence-electron chi connectivity index (χ1n) is 5.58. The van der Waals surface area contributed by atoms with E-state index in [2.05, 4.69) is 34.1 Å². The van der Waals surface area contributed by atoms with Crippen molar-refractivity contribution in [2.75, 3.05) is 0 Å². The molecular formula is C15H11BrO. The van der Waals surface area contributed by atoms with Gasteiger partial charge in [-0.15, -0.1) is 0 Å². The standard InChI is InChI=1S/C15H11BrO/c1-9(17)10-2-3-11-6-12-7-13(16)4-5-14(12)15(11)8-10/h2-5,7-8H,6H2,1H3. The van der Waals surface area contributed by atoms with Crippen molar-refractivity contribution in [2.45, 2.75) is 13.3 Å². The topological polar surface area (TPSA) is 17.1 Å². The lowest BCUT2D eigenvalue weighted by Gasteiger charge is -2.03. The van der Waals surface area contributed by atoms with Crippen LogP contribution in [0.15, 0.2) is 40.9 Å². The van der Waals surface area contributed by atoms with Crippen molar-refractivity contribution in [1.29, 1.82) is 0 Å². The van der Waals surface area contributed by atoms with Gasteiger partial charge >= 0.3 is 0 Å². The molecule has 0 aromatic heterocycles. The van der Waals surface area contributed by atoms with Crippen molar-refractivity contribution in [3.63, 3.8) is 0 Å². The summed E-state index contributed by atoms with van der Waals surface area (Å²) in [5.41, 5.74) is 5.89. The third-order valence-corrected chi connectivity index (χ3v) is 3.75. The quantitative estimate of drug-likeness (QED) is 0.612. The van der Waals surface area contributed by atoms with Gasteiger partial charge in [-0.2, -0.15) is 0 Å². The molecule has 1 nitrogen and oxygen atoms in total. The molecule has 84 valence electrons. The van der Waals surface area contributed by atoms with Crippen molar-refractivity contribution in [3.05, 3.63) is 57.6 Å². The average molecular weight is 287 g/mol. The van der Waals surface area contributed by atoms with Crippen molar-refractivity contribution in [3.8, 4) is 11.1 Å². The van der Waals surface area contributed by atoms with Gasteiger partial charge < -0.3 is 0 Å². The molecule has 2 aromatic rings. The Labute approximate surface area is 109 Å². The molecular weight excluding hydrogens is 276 g/mol. The summed E-state index contributed by atoms with van der Waals surface area (Å²) in [6.07, 6.45) is 0.961. The fraction of sp³-hybridized carbons (Fsp3) is 0.133. The zero-order chi connectivity index (χ0) is 12.0. The van der Waals surface area contributed by atoms with Crippen molar-refractivity contribution >= 4 is 21.7 Å². The van der Waals surface area contributed by atoms with E-state index in [9.17, 15) is 4.79 Å². The van der Waals surface area contributed by atoms with Crippen LogP contribution < -0.4 is 0 Å². The summed E-state index contributed by atoms with van der Waals surface area (Å²) in [4.78, 5) is 11.4. The number of fused-ring (bicyclic) bond motifs is 3. The Balaban J connectivity index is 2.20. The third kappa shape index (κ3) is 1.73. The highest BCUT2D eigenvalue weighted by Gasteiger charge is 2.19. The second kappa shape index (κ2) is 3.81. The molecule has 2 heteroatoms. The van der Waals surface area contributed by atoms with E-state index >= 15 is 0 Å².